The standard InChI is InChI=1S/C15H33NO4.C15H32O5.C14H29NO4.C14H31NO3.C14H30O4.C12H26O3/c1-14(2)20-13-12-19-11-10-18-9-8-17-7-6-16-15(3,4)5;1-14(2)19-12-10-17-8-6-16-7-9-18-11-13-20-15(3,4)5;1-13(2,3)15-12(16)11-18-8-7-17-9-10-19-14(4,5)6;1-13(2,3)15-7-8-16-9-10-17-11-12-18-14(4,5)6;1-13(2,3)17-11-9-15-7-8-16-10-12-18-14(4,5)6;1-11(2,3)14-9-7-13-8-10-15-12(4,5)6/h14,16H,6-13H2,1-5H3;14H,6-13H2,1-5H3;7-11H2,1-6H3,(H,15,16);15H,7-12H2,1-6H3;7-12H2,1-6H3;7-10H2,1-6H3. The summed E-state index contributed by atoms with van der Waals surface area (Å²) >= 11 is 0. The first-order chi connectivity index (χ1) is 50.6. The van der Waals surface area contributed by atoms with Crippen LogP contribution in [0.25, 0.3) is 0 Å². The molecule has 0 aliphatic carbocycles. The Morgan fingerprint density at radius 1 is 0.209 bits per heavy atom. The maximum absolute atomic E-state index is 11.4. The summed E-state index contributed by atoms with van der Waals surface area (Å²) in [5, 5.41) is 9.55. The summed E-state index contributed by atoms with van der Waals surface area (Å²) < 4.78 is 119. The van der Waals surface area contributed by atoms with Gasteiger partial charge in [0.05, 0.1) is 276 Å². The van der Waals surface area contributed by atoms with E-state index in [-0.39, 0.29) is 80.5 Å². The second-order valence-electron chi connectivity index (χ2n) is 36.1. The van der Waals surface area contributed by atoms with Crippen molar-refractivity contribution in [2.24, 2.45) is 0 Å². The predicted molar refractivity (Wildman–Crippen MR) is 446 cm³/mol. The summed E-state index contributed by atoms with van der Waals surface area (Å²) in [5.41, 5.74) is -0.577. The summed E-state index contributed by atoms with van der Waals surface area (Å²) in [5.74, 6) is -0.108. The third-order valence-electron chi connectivity index (χ3n) is 11.9. The predicted octanol–water partition coefficient (Wildman–Crippen LogP) is 13.4. The van der Waals surface area contributed by atoms with Crippen molar-refractivity contribution in [1.29, 1.82) is 0 Å². The minimum atomic E-state index is -0.221. The van der Waals surface area contributed by atoms with E-state index in [1.54, 1.807) is 0 Å². The maximum Gasteiger partial charge on any atom is 0.246 e. The van der Waals surface area contributed by atoms with Gasteiger partial charge in [0.25, 0.3) is 0 Å². The van der Waals surface area contributed by atoms with Crippen molar-refractivity contribution in [2.75, 3.05) is 244 Å². The van der Waals surface area contributed by atoms with Gasteiger partial charge in [0.15, 0.2) is 0 Å². The van der Waals surface area contributed by atoms with Crippen LogP contribution in [-0.4, -0.2) is 318 Å². The first-order valence-electron chi connectivity index (χ1n) is 40.6. The van der Waals surface area contributed by atoms with Gasteiger partial charge in [-0.2, -0.15) is 0 Å². The zero-order valence-electron chi connectivity index (χ0n) is 77.7. The molecule has 26 nitrogen and oxygen atoms in total. The van der Waals surface area contributed by atoms with Crippen LogP contribution in [0.4, 0.5) is 0 Å². The second kappa shape index (κ2) is 72.7. The Balaban J connectivity index is -0.000000296. The van der Waals surface area contributed by atoms with E-state index in [0.29, 0.717) is 218 Å². The molecule has 110 heavy (non-hydrogen) atoms. The van der Waals surface area contributed by atoms with Gasteiger partial charge in [-0.25, -0.2) is 0 Å². The Kier molecular flexibility index (Phi) is 78.9. The molecule has 0 aromatic rings. The Morgan fingerprint density at radius 3 is 0.518 bits per heavy atom. The van der Waals surface area contributed by atoms with Crippen LogP contribution in [0, 0.1) is 0 Å². The molecule has 1 amide bonds. The minimum absolute atomic E-state index is 0.0686. The monoisotopic (exact) mass is 1600 g/mol. The normalized spacial score (nSPS) is 12.7. The van der Waals surface area contributed by atoms with Crippen LogP contribution in [0.5, 0.6) is 0 Å². The van der Waals surface area contributed by atoms with Gasteiger partial charge in [-0.15, -0.1) is 0 Å². The second-order valence-corrected chi connectivity index (χ2v) is 36.1. The largest absolute Gasteiger partial charge is 0.378 e. The minimum Gasteiger partial charge on any atom is -0.378 e. The fourth-order valence-corrected chi connectivity index (χ4v) is 7.20. The van der Waals surface area contributed by atoms with E-state index in [0.717, 1.165) is 19.7 Å². The molecule has 3 N–H and O–H groups in total. The van der Waals surface area contributed by atoms with Gasteiger partial charge in [-0.05, 0) is 235 Å². The molecule has 0 fully saturated rings. The highest BCUT2D eigenvalue weighted by atomic mass is 16.6. The van der Waals surface area contributed by atoms with Crippen LogP contribution >= 0.6 is 0 Å². The fourth-order valence-electron chi connectivity index (χ4n) is 7.20. The molecule has 0 bridgehead atoms. The number of hydrogen-bond acceptors (Lipinski definition) is 25. The first-order valence-corrected chi connectivity index (χ1v) is 40.6. The van der Waals surface area contributed by atoms with Crippen LogP contribution in [0.15, 0.2) is 0 Å². The Bertz CT molecular complexity index is 1740. The van der Waals surface area contributed by atoms with Gasteiger partial charge in [-0.1, -0.05) is 0 Å². The summed E-state index contributed by atoms with van der Waals surface area (Å²) in [6.45, 7) is 91.8. The third-order valence-corrected chi connectivity index (χ3v) is 11.9. The highest BCUT2D eigenvalue weighted by molar-refractivity contribution is 5.77. The average Bonchev–Trinajstić information content (AvgIpc) is 0.967. The number of hydrogen-bond donors (Lipinski definition) is 3. The van der Waals surface area contributed by atoms with E-state index in [4.69, 9.17) is 104 Å². The van der Waals surface area contributed by atoms with Gasteiger partial charge in [0, 0.05) is 29.7 Å². The molecule has 0 aromatic heterocycles. The van der Waals surface area contributed by atoms with E-state index >= 15 is 0 Å². The molecule has 0 aliphatic rings. The third kappa shape index (κ3) is 142. The molecule has 670 valence electrons. The summed E-state index contributed by atoms with van der Waals surface area (Å²) in [6, 6.07) is 0. The van der Waals surface area contributed by atoms with Crippen molar-refractivity contribution < 1.29 is 109 Å². The van der Waals surface area contributed by atoms with Crippen molar-refractivity contribution in [3.63, 3.8) is 0 Å². The Hall–Kier alpha value is -1.49. The average molecular weight is 1600 g/mol. The SMILES string of the molecule is CC(C)(C)NC(=O)COCCOCCOC(C)(C)C.CC(C)(C)NCCOCCOCCOC(C)(C)C.CC(C)(C)OCCOCCOC(C)(C)C.CC(C)(C)OCCOCCOCCOC(C)(C)C.CC(C)OCCOCCOCCOCCNC(C)(C)C.CC(C)OCCOCCOCCOCCOC(C)(C)C. The molecular formula is C84H181N3O23. The number of ether oxygens (including phenoxy) is 22. The Labute approximate surface area is 675 Å². The van der Waals surface area contributed by atoms with E-state index < -0.39 is 0 Å². The number of nitrogens with one attached hydrogen (secondary N) is 3. The number of rotatable bonds is 58. The van der Waals surface area contributed by atoms with Crippen molar-refractivity contribution in [3.8, 4) is 0 Å². The zero-order valence-corrected chi connectivity index (χ0v) is 77.7. The highest BCUT2D eigenvalue weighted by Crippen LogP contribution is 2.11. The molecule has 0 radical (unpaired) electrons. The zero-order chi connectivity index (χ0) is 85.6. The number of carbonyl (C=O) groups excluding carboxylic acids is 1. The molecular weight excluding hydrogens is 1420 g/mol. The van der Waals surface area contributed by atoms with Crippen LogP contribution in [0.1, 0.15) is 235 Å². The quantitative estimate of drug-likeness (QED) is 0.0478. The molecule has 0 unspecified atom stereocenters. The molecule has 0 rings (SSSR count). The lowest BCUT2D eigenvalue weighted by atomic mass is 10.1. The summed E-state index contributed by atoms with van der Waals surface area (Å²) in [4.78, 5) is 11.4. The molecule has 0 aliphatic heterocycles. The summed E-state index contributed by atoms with van der Waals surface area (Å²) in [6.07, 6.45) is 0.522. The molecule has 26 heteroatoms. The lowest BCUT2D eigenvalue weighted by Gasteiger charge is -2.20. The van der Waals surface area contributed by atoms with Gasteiger partial charge in [0.2, 0.25) is 5.91 Å². The molecule has 0 heterocycles. The highest BCUT2D eigenvalue weighted by Gasteiger charge is 2.17. The van der Waals surface area contributed by atoms with Crippen molar-refractivity contribution in [2.45, 2.75) is 303 Å². The number of carbonyl (C=O) groups is 1. The number of amides is 1. The van der Waals surface area contributed by atoms with Crippen molar-refractivity contribution in [1.82, 2.24) is 16.0 Å². The van der Waals surface area contributed by atoms with Crippen LogP contribution in [0.3, 0.4) is 0 Å². The smallest absolute Gasteiger partial charge is 0.246 e. The molecule has 0 aromatic carbocycles. The molecule has 0 saturated carbocycles. The van der Waals surface area contributed by atoms with E-state index in [2.05, 4.69) is 57.5 Å². The molecule has 0 atom stereocenters. The van der Waals surface area contributed by atoms with Crippen LogP contribution in [-0.2, 0) is 109 Å². The lowest BCUT2D eigenvalue weighted by molar-refractivity contribution is -0.127. The van der Waals surface area contributed by atoms with Crippen molar-refractivity contribution in [3.05, 3.63) is 0 Å². The van der Waals surface area contributed by atoms with E-state index in [1.165, 1.54) is 0 Å². The van der Waals surface area contributed by atoms with Gasteiger partial charge in [-0.3, -0.25) is 4.79 Å². The molecule has 0 saturated heterocycles. The van der Waals surface area contributed by atoms with E-state index in [1.807, 2.05) is 194 Å². The van der Waals surface area contributed by atoms with Gasteiger partial charge >= 0.3 is 0 Å². The topological polar surface area (TPSA) is 256 Å². The first kappa shape index (κ1) is 119. The maximum atomic E-state index is 11.4. The summed E-state index contributed by atoms with van der Waals surface area (Å²) in [7, 11) is 0. The lowest BCUT2D eigenvalue weighted by Crippen LogP contribution is -2.42. The van der Waals surface area contributed by atoms with Crippen LogP contribution < -0.4 is 16.0 Å². The Morgan fingerprint density at radius 2 is 0.364 bits per heavy atom. The molecule has 0 spiro atoms. The van der Waals surface area contributed by atoms with Crippen LogP contribution in [0.2, 0.25) is 0 Å². The van der Waals surface area contributed by atoms with Crippen molar-refractivity contribution >= 4 is 5.91 Å². The van der Waals surface area contributed by atoms with Gasteiger partial charge < -0.3 is 120 Å². The van der Waals surface area contributed by atoms with Gasteiger partial charge in [0.1, 0.15) is 6.61 Å². The van der Waals surface area contributed by atoms with E-state index in [9.17, 15) is 4.79 Å². The fraction of sp³-hybridized carbons (Fsp3) is 0.988.